The number of fused-ring (bicyclic) bond motifs is 1. The molecule has 7 nitrogen and oxygen atoms in total. The molecule has 0 saturated carbocycles. The second kappa shape index (κ2) is 7.85. The van der Waals surface area contributed by atoms with Crippen LogP contribution in [0.25, 0.3) is 23.1 Å². The minimum Gasteiger partial charge on any atom is -0.288 e. The van der Waals surface area contributed by atoms with Crippen LogP contribution in [0.15, 0.2) is 77.9 Å². The number of aromatic nitrogens is 3. The molecule has 7 heteroatoms. The zero-order chi connectivity index (χ0) is 20.2. The monoisotopic (exact) mass is 384 g/mol. The summed E-state index contributed by atoms with van der Waals surface area (Å²) in [6, 6.07) is 17.1. The number of non-ortho nitro benzene ring substituents is 1. The highest BCUT2D eigenvalue weighted by molar-refractivity contribution is 5.79. The van der Waals surface area contributed by atoms with Crippen LogP contribution in [-0.4, -0.2) is 19.5 Å². The topological polar surface area (TPSA) is 90.9 Å². The molecule has 142 valence electrons. The van der Waals surface area contributed by atoms with Gasteiger partial charge in [-0.25, -0.2) is 4.98 Å². The smallest absolute Gasteiger partial charge is 0.269 e. The van der Waals surface area contributed by atoms with Crippen molar-refractivity contribution < 1.29 is 4.92 Å². The highest BCUT2D eigenvalue weighted by atomic mass is 16.6. The minimum atomic E-state index is -0.440. The molecule has 0 atom stereocenters. The Labute approximate surface area is 165 Å². The molecule has 4 aromatic rings. The molecule has 0 unspecified atom stereocenters. The normalized spacial score (nSPS) is 11.2. The first-order valence-corrected chi connectivity index (χ1v) is 8.93. The summed E-state index contributed by atoms with van der Waals surface area (Å²) in [5, 5.41) is 11.4. The number of benzene rings is 2. The van der Waals surface area contributed by atoms with Gasteiger partial charge in [0.05, 0.1) is 22.4 Å². The van der Waals surface area contributed by atoms with E-state index < -0.39 is 4.92 Å². The molecule has 0 aliphatic heterocycles. The van der Waals surface area contributed by atoms with Crippen LogP contribution in [0.2, 0.25) is 0 Å². The van der Waals surface area contributed by atoms with Crippen LogP contribution in [0.5, 0.6) is 0 Å². The third kappa shape index (κ3) is 3.93. The Hall–Kier alpha value is -4.13. The fourth-order valence-electron chi connectivity index (χ4n) is 3.01. The first-order valence-electron chi connectivity index (χ1n) is 8.93. The van der Waals surface area contributed by atoms with Gasteiger partial charge >= 0.3 is 0 Å². The summed E-state index contributed by atoms with van der Waals surface area (Å²) in [6.07, 6.45) is 6.89. The summed E-state index contributed by atoms with van der Waals surface area (Å²) < 4.78 is 1.61. The average molecular weight is 384 g/mol. The Morgan fingerprint density at radius 3 is 2.41 bits per heavy atom. The van der Waals surface area contributed by atoms with Crippen molar-refractivity contribution in [2.45, 2.75) is 6.54 Å². The molecule has 2 aromatic carbocycles. The molecular formula is C22H16N4O3. The van der Waals surface area contributed by atoms with Gasteiger partial charge in [-0.1, -0.05) is 18.2 Å². The standard InChI is InChI=1S/C22H16N4O3/c27-22-19-3-1-2-4-20(19)24-21(25(22)15-17-11-13-23-14-12-17)10-7-16-5-8-18(9-6-16)26(28)29/h1-14H,15H2/b10-7+. The van der Waals surface area contributed by atoms with Gasteiger partial charge in [0.2, 0.25) is 0 Å². The molecule has 0 saturated heterocycles. The lowest BCUT2D eigenvalue weighted by Crippen LogP contribution is -2.24. The Morgan fingerprint density at radius 2 is 1.69 bits per heavy atom. The van der Waals surface area contributed by atoms with E-state index in [9.17, 15) is 14.9 Å². The third-order valence-electron chi connectivity index (χ3n) is 4.51. The molecular weight excluding hydrogens is 368 g/mol. The van der Waals surface area contributed by atoms with E-state index in [0.29, 0.717) is 23.3 Å². The summed E-state index contributed by atoms with van der Waals surface area (Å²) in [6.45, 7) is 0.360. The first-order chi connectivity index (χ1) is 14.1. The highest BCUT2D eigenvalue weighted by Gasteiger charge is 2.10. The van der Waals surface area contributed by atoms with E-state index in [1.807, 2.05) is 24.3 Å². The number of pyridine rings is 1. The van der Waals surface area contributed by atoms with Crippen molar-refractivity contribution >= 4 is 28.7 Å². The summed E-state index contributed by atoms with van der Waals surface area (Å²) in [5.41, 5.74) is 2.22. The lowest BCUT2D eigenvalue weighted by Gasteiger charge is -2.11. The quantitative estimate of drug-likeness (QED) is 0.384. The second-order valence-electron chi connectivity index (χ2n) is 6.42. The number of nitrogens with zero attached hydrogens (tertiary/aromatic N) is 4. The molecule has 0 radical (unpaired) electrons. The SMILES string of the molecule is O=c1c2ccccc2nc(/C=C/c2ccc([N+](=O)[O-])cc2)n1Cc1ccncc1. The van der Waals surface area contributed by atoms with Crippen molar-refractivity contribution in [3.05, 3.63) is 110 Å². The van der Waals surface area contributed by atoms with Crippen molar-refractivity contribution in [1.29, 1.82) is 0 Å². The van der Waals surface area contributed by atoms with Gasteiger partial charge in [0.15, 0.2) is 0 Å². The fraction of sp³-hybridized carbons (Fsp3) is 0.0455. The molecule has 0 fully saturated rings. The van der Waals surface area contributed by atoms with E-state index in [0.717, 1.165) is 11.1 Å². The maximum absolute atomic E-state index is 13.1. The molecule has 0 bridgehead atoms. The summed E-state index contributed by atoms with van der Waals surface area (Å²) >= 11 is 0. The van der Waals surface area contributed by atoms with Crippen LogP contribution >= 0.6 is 0 Å². The summed E-state index contributed by atoms with van der Waals surface area (Å²) in [4.78, 5) is 32.1. The van der Waals surface area contributed by atoms with Crippen molar-refractivity contribution in [1.82, 2.24) is 14.5 Å². The Kier molecular flexibility index (Phi) is 4.94. The van der Waals surface area contributed by atoms with Gasteiger partial charge < -0.3 is 0 Å². The predicted molar refractivity (Wildman–Crippen MR) is 111 cm³/mol. The van der Waals surface area contributed by atoms with Gasteiger partial charge in [-0.3, -0.25) is 24.5 Å². The number of hydrogen-bond acceptors (Lipinski definition) is 5. The fourth-order valence-corrected chi connectivity index (χ4v) is 3.01. The lowest BCUT2D eigenvalue weighted by atomic mass is 10.2. The molecule has 4 rings (SSSR count). The average Bonchev–Trinajstić information content (AvgIpc) is 2.75. The number of nitro groups is 1. The van der Waals surface area contributed by atoms with Crippen LogP contribution in [0.1, 0.15) is 17.0 Å². The Morgan fingerprint density at radius 1 is 0.966 bits per heavy atom. The summed E-state index contributed by atoms with van der Waals surface area (Å²) in [7, 11) is 0. The Balaban J connectivity index is 1.78. The number of nitro benzene ring substituents is 1. The lowest BCUT2D eigenvalue weighted by molar-refractivity contribution is -0.384. The van der Waals surface area contributed by atoms with E-state index >= 15 is 0 Å². The van der Waals surface area contributed by atoms with Gasteiger partial charge in [0.1, 0.15) is 5.82 Å². The number of para-hydroxylation sites is 1. The van der Waals surface area contributed by atoms with Crippen LogP contribution in [0.4, 0.5) is 5.69 Å². The second-order valence-corrected chi connectivity index (χ2v) is 6.42. The van der Waals surface area contributed by atoms with Gasteiger partial charge in [-0.2, -0.15) is 0 Å². The zero-order valence-corrected chi connectivity index (χ0v) is 15.3. The number of hydrogen-bond donors (Lipinski definition) is 0. The van der Waals surface area contributed by atoms with Crippen molar-refractivity contribution in [3.8, 4) is 0 Å². The zero-order valence-electron chi connectivity index (χ0n) is 15.3. The molecule has 0 amide bonds. The highest BCUT2D eigenvalue weighted by Crippen LogP contribution is 2.15. The molecule has 2 heterocycles. The molecule has 0 aliphatic carbocycles. The van der Waals surface area contributed by atoms with E-state index in [2.05, 4.69) is 9.97 Å². The van der Waals surface area contributed by atoms with E-state index in [1.54, 1.807) is 53.4 Å². The molecule has 2 aromatic heterocycles. The van der Waals surface area contributed by atoms with Gasteiger partial charge in [0, 0.05) is 24.5 Å². The maximum Gasteiger partial charge on any atom is 0.269 e. The van der Waals surface area contributed by atoms with Gasteiger partial charge in [0.25, 0.3) is 11.2 Å². The van der Waals surface area contributed by atoms with Crippen LogP contribution in [0.3, 0.4) is 0 Å². The van der Waals surface area contributed by atoms with E-state index in [-0.39, 0.29) is 11.2 Å². The maximum atomic E-state index is 13.1. The molecule has 0 aliphatic rings. The predicted octanol–water partition coefficient (Wildman–Crippen LogP) is 3.92. The molecule has 0 spiro atoms. The van der Waals surface area contributed by atoms with Crippen molar-refractivity contribution in [2.75, 3.05) is 0 Å². The van der Waals surface area contributed by atoms with Gasteiger partial charge in [-0.05, 0) is 53.6 Å². The van der Waals surface area contributed by atoms with Crippen LogP contribution in [-0.2, 0) is 6.54 Å². The molecule has 29 heavy (non-hydrogen) atoms. The molecule has 0 N–H and O–H groups in total. The van der Waals surface area contributed by atoms with Crippen LogP contribution < -0.4 is 5.56 Å². The van der Waals surface area contributed by atoms with E-state index in [4.69, 9.17) is 0 Å². The Bertz CT molecular complexity index is 1260. The number of rotatable bonds is 5. The van der Waals surface area contributed by atoms with E-state index in [1.165, 1.54) is 12.1 Å². The minimum absolute atomic E-state index is 0.0283. The van der Waals surface area contributed by atoms with Gasteiger partial charge in [-0.15, -0.1) is 0 Å². The summed E-state index contributed by atoms with van der Waals surface area (Å²) in [5.74, 6) is 0.504. The first kappa shape index (κ1) is 18.2. The third-order valence-corrected chi connectivity index (χ3v) is 4.51. The van der Waals surface area contributed by atoms with Crippen molar-refractivity contribution in [3.63, 3.8) is 0 Å². The van der Waals surface area contributed by atoms with Crippen molar-refractivity contribution in [2.24, 2.45) is 0 Å². The van der Waals surface area contributed by atoms with Crippen LogP contribution in [0, 0.1) is 10.1 Å². The largest absolute Gasteiger partial charge is 0.288 e.